The minimum absolute atomic E-state index is 0.239. The van der Waals surface area contributed by atoms with Gasteiger partial charge in [-0.05, 0) is 43.6 Å². The summed E-state index contributed by atoms with van der Waals surface area (Å²) in [7, 11) is 0. The third kappa shape index (κ3) is 2.77. The molecular formula is C13H24N2O. The number of hydrazine groups is 1. The summed E-state index contributed by atoms with van der Waals surface area (Å²) < 4.78 is 5.74. The molecule has 1 aliphatic heterocycles. The lowest BCUT2D eigenvalue weighted by Gasteiger charge is -2.34. The molecule has 0 aromatic carbocycles. The maximum Gasteiger partial charge on any atom is 0.111 e. The maximum atomic E-state index is 5.74. The van der Waals surface area contributed by atoms with Crippen molar-refractivity contribution in [2.45, 2.75) is 51.5 Å². The van der Waals surface area contributed by atoms with E-state index in [1.165, 1.54) is 25.7 Å². The molecule has 0 aromatic rings. The van der Waals surface area contributed by atoms with Crippen LogP contribution in [-0.2, 0) is 4.74 Å². The van der Waals surface area contributed by atoms with Gasteiger partial charge in [-0.15, -0.1) is 0 Å². The highest BCUT2D eigenvalue weighted by Crippen LogP contribution is 2.33. The van der Waals surface area contributed by atoms with Gasteiger partial charge in [0.1, 0.15) is 5.76 Å². The average molecular weight is 224 g/mol. The molecule has 3 nitrogen and oxygen atoms in total. The smallest absolute Gasteiger partial charge is 0.111 e. The van der Waals surface area contributed by atoms with Crippen LogP contribution in [0.4, 0.5) is 0 Å². The molecule has 0 aromatic heterocycles. The zero-order valence-electron chi connectivity index (χ0n) is 10.2. The number of allylic oxidation sites excluding steroid dienone is 1. The molecule has 1 saturated carbocycles. The first-order valence-electron chi connectivity index (χ1n) is 6.60. The van der Waals surface area contributed by atoms with Crippen molar-refractivity contribution in [2.24, 2.45) is 17.7 Å². The topological polar surface area (TPSA) is 47.3 Å². The Hall–Kier alpha value is -0.540. The second-order valence-electron chi connectivity index (χ2n) is 5.27. The minimum Gasteiger partial charge on any atom is -0.497 e. The fraction of sp³-hybridized carbons (Fsp3) is 0.846. The van der Waals surface area contributed by atoms with E-state index < -0.39 is 0 Å². The van der Waals surface area contributed by atoms with Crippen molar-refractivity contribution in [3.05, 3.63) is 11.8 Å². The molecule has 3 atom stereocenters. The summed E-state index contributed by atoms with van der Waals surface area (Å²) in [6.45, 7) is 3.20. The van der Waals surface area contributed by atoms with Gasteiger partial charge in [0.2, 0.25) is 0 Å². The van der Waals surface area contributed by atoms with Gasteiger partial charge in [-0.3, -0.25) is 5.84 Å². The van der Waals surface area contributed by atoms with Crippen LogP contribution in [0.5, 0.6) is 0 Å². The Labute approximate surface area is 98.4 Å². The summed E-state index contributed by atoms with van der Waals surface area (Å²) in [5.41, 5.74) is 2.97. The van der Waals surface area contributed by atoms with Gasteiger partial charge in [-0.1, -0.05) is 19.8 Å². The lowest BCUT2D eigenvalue weighted by atomic mass is 9.78. The van der Waals surface area contributed by atoms with Crippen LogP contribution >= 0.6 is 0 Å². The third-order valence-corrected chi connectivity index (χ3v) is 3.90. The molecule has 3 heteroatoms. The number of rotatable bonds is 3. The highest BCUT2D eigenvalue weighted by Gasteiger charge is 2.29. The van der Waals surface area contributed by atoms with Crippen molar-refractivity contribution in [1.29, 1.82) is 0 Å². The van der Waals surface area contributed by atoms with Gasteiger partial charge in [0.25, 0.3) is 0 Å². The van der Waals surface area contributed by atoms with Crippen LogP contribution in [0, 0.1) is 11.8 Å². The predicted octanol–water partition coefficient (Wildman–Crippen LogP) is 2.34. The second kappa shape index (κ2) is 5.69. The molecule has 0 radical (unpaired) electrons. The zero-order valence-corrected chi connectivity index (χ0v) is 10.2. The largest absolute Gasteiger partial charge is 0.497 e. The van der Waals surface area contributed by atoms with Crippen LogP contribution in [0.2, 0.25) is 0 Å². The van der Waals surface area contributed by atoms with E-state index in [0.717, 1.165) is 31.1 Å². The lowest BCUT2D eigenvalue weighted by Crippen LogP contribution is -2.44. The van der Waals surface area contributed by atoms with Crippen LogP contribution in [-0.4, -0.2) is 12.6 Å². The molecule has 0 amide bonds. The van der Waals surface area contributed by atoms with Crippen LogP contribution in [0.15, 0.2) is 11.8 Å². The van der Waals surface area contributed by atoms with E-state index in [4.69, 9.17) is 10.6 Å². The van der Waals surface area contributed by atoms with Crippen LogP contribution in [0.1, 0.15) is 45.4 Å². The summed E-state index contributed by atoms with van der Waals surface area (Å²) in [5.74, 6) is 8.28. The van der Waals surface area contributed by atoms with Gasteiger partial charge in [-0.2, -0.15) is 0 Å². The highest BCUT2D eigenvalue weighted by atomic mass is 16.5. The highest BCUT2D eigenvalue weighted by molar-refractivity contribution is 5.07. The molecule has 1 heterocycles. The first-order chi connectivity index (χ1) is 7.81. The van der Waals surface area contributed by atoms with Gasteiger partial charge in [0.05, 0.1) is 12.6 Å². The molecule has 16 heavy (non-hydrogen) atoms. The number of nitrogens with two attached hydrogens (primary N) is 1. The van der Waals surface area contributed by atoms with Gasteiger partial charge in [0.15, 0.2) is 0 Å². The Bertz CT molecular complexity index is 252. The van der Waals surface area contributed by atoms with Gasteiger partial charge < -0.3 is 4.74 Å². The summed E-state index contributed by atoms with van der Waals surface area (Å²) in [6.07, 6.45) is 9.74. The Morgan fingerprint density at radius 3 is 2.94 bits per heavy atom. The molecule has 2 rings (SSSR count). The summed E-state index contributed by atoms with van der Waals surface area (Å²) in [6, 6.07) is 0.239. The number of nitrogens with one attached hydrogen (secondary N) is 1. The van der Waals surface area contributed by atoms with Crippen LogP contribution in [0.3, 0.4) is 0 Å². The summed E-state index contributed by atoms with van der Waals surface area (Å²) in [5, 5.41) is 0. The van der Waals surface area contributed by atoms with Gasteiger partial charge in [-0.25, -0.2) is 5.43 Å². The number of ether oxygens (including phenoxy) is 1. The van der Waals surface area contributed by atoms with E-state index in [9.17, 15) is 0 Å². The molecule has 92 valence electrons. The molecule has 0 saturated heterocycles. The summed E-state index contributed by atoms with van der Waals surface area (Å²) >= 11 is 0. The number of hydrogen-bond acceptors (Lipinski definition) is 3. The van der Waals surface area contributed by atoms with Crippen molar-refractivity contribution in [3.8, 4) is 0 Å². The molecule has 2 aliphatic rings. The third-order valence-electron chi connectivity index (χ3n) is 3.90. The Morgan fingerprint density at radius 1 is 1.44 bits per heavy atom. The van der Waals surface area contributed by atoms with E-state index in [0.29, 0.717) is 5.92 Å². The first kappa shape index (κ1) is 11.9. The molecule has 3 unspecified atom stereocenters. The van der Waals surface area contributed by atoms with Crippen molar-refractivity contribution in [3.63, 3.8) is 0 Å². The minimum atomic E-state index is 0.239. The normalized spacial score (nSPS) is 32.8. The van der Waals surface area contributed by atoms with E-state index in [2.05, 4.69) is 18.4 Å². The van der Waals surface area contributed by atoms with Crippen molar-refractivity contribution < 1.29 is 4.74 Å². The van der Waals surface area contributed by atoms with Crippen LogP contribution < -0.4 is 11.3 Å². The first-order valence-corrected chi connectivity index (χ1v) is 6.60. The van der Waals surface area contributed by atoms with Crippen molar-refractivity contribution >= 4 is 0 Å². The molecule has 1 aliphatic carbocycles. The van der Waals surface area contributed by atoms with Gasteiger partial charge in [0, 0.05) is 0 Å². The fourth-order valence-corrected chi connectivity index (χ4v) is 3.03. The van der Waals surface area contributed by atoms with E-state index >= 15 is 0 Å². The quantitative estimate of drug-likeness (QED) is 0.571. The maximum absolute atomic E-state index is 5.74. The fourth-order valence-electron chi connectivity index (χ4n) is 3.03. The Morgan fingerprint density at radius 2 is 2.31 bits per heavy atom. The van der Waals surface area contributed by atoms with E-state index in [1.807, 2.05) is 0 Å². The van der Waals surface area contributed by atoms with Crippen molar-refractivity contribution in [1.82, 2.24) is 5.43 Å². The Kier molecular flexibility index (Phi) is 4.24. The van der Waals surface area contributed by atoms with E-state index in [1.54, 1.807) is 0 Å². The molecular weight excluding hydrogens is 200 g/mol. The van der Waals surface area contributed by atoms with E-state index in [-0.39, 0.29) is 6.04 Å². The van der Waals surface area contributed by atoms with Crippen molar-refractivity contribution in [2.75, 3.05) is 6.61 Å². The van der Waals surface area contributed by atoms with Crippen LogP contribution in [0.25, 0.3) is 0 Å². The standard InChI is InChI=1S/C13H24N2O/c1-10-5-4-6-11(9-10)13(15-14)12-7-2-3-8-16-12/h7,10-11,13,15H,2-6,8-9,14H2,1H3. The zero-order chi connectivity index (χ0) is 11.4. The predicted molar refractivity (Wildman–Crippen MR) is 65.5 cm³/mol. The Balaban J connectivity index is 2.00. The molecule has 3 N–H and O–H groups in total. The SMILES string of the molecule is CC1CCCC(C(NN)C2=CCCCO2)C1. The average Bonchev–Trinajstić information content (AvgIpc) is 2.31. The number of hydrogen-bond donors (Lipinski definition) is 2. The van der Waals surface area contributed by atoms with Gasteiger partial charge >= 0.3 is 0 Å². The monoisotopic (exact) mass is 224 g/mol. The lowest BCUT2D eigenvalue weighted by molar-refractivity contribution is 0.131. The molecule has 1 fully saturated rings. The molecule has 0 bridgehead atoms. The second-order valence-corrected chi connectivity index (χ2v) is 5.27. The molecule has 0 spiro atoms. The summed E-state index contributed by atoms with van der Waals surface area (Å²) in [4.78, 5) is 0.